The summed E-state index contributed by atoms with van der Waals surface area (Å²) in [5.74, 6) is 0. The van der Waals surface area contributed by atoms with Crippen LogP contribution in [0.1, 0.15) is 0 Å². The third-order valence-electron chi connectivity index (χ3n) is 3.61. The van der Waals surface area contributed by atoms with Crippen molar-refractivity contribution < 1.29 is 8.42 Å². The quantitative estimate of drug-likeness (QED) is 0.458. The lowest BCUT2D eigenvalue weighted by molar-refractivity contribution is 0.598. The minimum Gasteiger partial charge on any atom is -0.334 e. The van der Waals surface area contributed by atoms with Crippen LogP contribution in [0.3, 0.4) is 0 Å². The number of hydrogen-bond donors (Lipinski definition) is 3. The first-order valence-corrected chi connectivity index (χ1v) is 10.2. The van der Waals surface area contributed by atoms with Gasteiger partial charge in [-0.2, -0.15) is 8.42 Å². The molecule has 0 saturated carbocycles. The molecule has 0 saturated heterocycles. The summed E-state index contributed by atoms with van der Waals surface area (Å²) in [4.78, 5) is 14.9. The van der Waals surface area contributed by atoms with Crippen LogP contribution in [0.5, 0.6) is 0 Å². The van der Waals surface area contributed by atoms with Crippen LogP contribution < -0.4 is 10.0 Å². The molecule has 4 rings (SSSR count). The van der Waals surface area contributed by atoms with E-state index in [4.69, 9.17) is 0 Å². The molecule has 3 heterocycles. The number of hydrogen-bond acceptors (Lipinski definition) is 7. The van der Waals surface area contributed by atoms with Crippen molar-refractivity contribution >= 4 is 37.9 Å². The molecule has 0 fully saturated rings. The molecule has 0 amide bonds. The summed E-state index contributed by atoms with van der Waals surface area (Å²) in [6.45, 7) is 0. The molecule has 0 atom stereocenters. The number of benzene rings is 1. The van der Waals surface area contributed by atoms with Crippen molar-refractivity contribution in [1.82, 2.24) is 19.9 Å². The predicted molar refractivity (Wildman–Crippen MR) is 104 cm³/mol. The lowest BCUT2D eigenvalue weighted by atomic mass is 10.1. The van der Waals surface area contributed by atoms with E-state index >= 15 is 0 Å². The van der Waals surface area contributed by atoms with E-state index in [1.54, 1.807) is 24.5 Å². The number of nitrogens with zero attached hydrogens (tertiary/aromatic N) is 3. The monoisotopic (exact) mass is 398 g/mol. The molecule has 3 aromatic heterocycles. The Morgan fingerprint density at radius 3 is 2.56 bits per heavy atom. The first kappa shape index (κ1) is 17.2. The maximum Gasteiger partial charge on any atom is 0.278 e. The van der Waals surface area contributed by atoms with Gasteiger partial charge < -0.3 is 10.3 Å². The highest BCUT2D eigenvalue weighted by Gasteiger charge is 2.15. The van der Waals surface area contributed by atoms with Gasteiger partial charge in [0.15, 0.2) is 10.2 Å². The Balaban J connectivity index is 1.48. The SMILES string of the molecule is O=S(=O)(Nc1ccc(-c2csc(Nc3cccnc3)n2)cc1)c1cnc[nH]1. The zero-order valence-corrected chi connectivity index (χ0v) is 15.5. The molecular weight excluding hydrogens is 384 g/mol. The fourth-order valence-corrected chi connectivity index (χ4v) is 4.04. The van der Waals surface area contributed by atoms with Crippen LogP contribution in [0.4, 0.5) is 16.5 Å². The molecular formula is C17H14N6O2S2. The molecule has 27 heavy (non-hydrogen) atoms. The Kier molecular flexibility index (Phi) is 4.57. The summed E-state index contributed by atoms with van der Waals surface area (Å²) in [7, 11) is -3.68. The smallest absolute Gasteiger partial charge is 0.278 e. The van der Waals surface area contributed by atoms with Crippen LogP contribution in [-0.2, 0) is 10.0 Å². The summed E-state index contributed by atoms with van der Waals surface area (Å²) >= 11 is 1.48. The predicted octanol–water partition coefficient (Wildman–Crippen LogP) is 3.47. The Bertz CT molecular complexity index is 1120. The van der Waals surface area contributed by atoms with Gasteiger partial charge in [-0.05, 0) is 24.3 Å². The molecule has 0 aliphatic heterocycles. The largest absolute Gasteiger partial charge is 0.334 e. The van der Waals surface area contributed by atoms with Gasteiger partial charge in [0.25, 0.3) is 10.0 Å². The van der Waals surface area contributed by atoms with Gasteiger partial charge in [0.05, 0.1) is 30.1 Å². The van der Waals surface area contributed by atoms with Crippen molar-refractivity contribution in [2.45, 2.75) is 5.03 Å². The first-order valence-electron chi connectivity index (χ1n) is 7.84. The van der Waals surface area contributed by atoms with Crippen LogP contribution in [0.15, 0.2) is 71.7 Å². The van der Waals surface area contributed by atoms with Gasteiger partial charge in [-0.15, -0.1) is 11.3 Å². The van der Waals surface area contributed by atoms with Crippen LogP contribution >= 0.6 is 11.3 Å². The van der Waals surface area contributed by atoms with Crippen LogP contribution in [-0.4, -0.2) is 28.4 Å². The van der Waals surface area contributed by atoms with Crippen molar-refractivity contribution in [1.29, 1.82) is 0 Å². The van der Waals surface area contributed by atoms with Crippen molar-refractivity contribution in [2.75, 3.05) is 10.0 Å². The highest BCUT2D eigenvalue weighted by molar-refractivity contribution is 7.92. The number of rotatable bonds is 6. The lowest BCUT2D eigenvalue weighted by Gasteiger charge is -2.06. The van der Waals surface area contributed by atoms with Crippen molar-refractivity contribution in [3.63, 3.8) is 0 Å². The molecule has 10 heteroatoms. The molecule has 0 radical (unpaired) electrons. The molecule has 0 aliphatic carbocycles. The molecule has 136 valence electrons. The Morgan fingerprint density at radius 1 is 1.00 bits per heavy atom. The average Bonchev–Trinajstić information content (AvgIpc) is 3.35. The fourth-order valence-electron chi connectivity index (χ4n) is 2.33. The number of thiazole rings is 1. The van der Waals surface area contributed by atoms with Crippen LogP contribution in [0.2, 0.25) is 0 Å². The Morgan fingerprint density at radius 2 is 1.85 bits per heavy atom. The number of sulfonamides is 1. The summed E-state index contributed by atoms with van der Waals surface area (Å²) in [5, 5.41) is 5.89. The summed E-state index contributed by atoms with van der Waals surface area (Å²) in [6.07, 6.45) is 6.00. The summed E-state index contributed by atoms with van der Waals surface area (Å²) in [6, 6.07) is 10.8. The summed E-state index contributed by atoms with van der Waals surface area (Å²) < 4.78 is 26.9. The Labute approximate surface area is 159 Å². The van der Waals surface area contributed by atoms with Gasteiger partial charge in [-0.3, -0.25) is 9.71 Å². The molecule has 0 bridgehead atoms. The van der Waals surface area contributed by atoms with Crippen LogP contribution in [0.25, 0.3) is 11.3 Å². The topological polar surface area (TPSA) is 113 Å². The van der Waals surface area contributed by atoms with Gasteiger partial charge in [-0.25, -0.2) is 9.97 Å². The summed E-state index contributed by atoms with van der Waals surface area (Å²) in [5.41, 5.74) is 3.00. The molecule has 3 N–H and O–H groups in total. The van der Waals surface area contributed by atoms with E-state index in [1.165, 1.54) is 23.9 Å². The van der Waals surface area contributed by atoms with E-state index in [9.17, 15) is 8.42 Å². The van der Waals surface area contributed by atoms with Crippen LogP contribution in [0, 0.1) is 0 Å². The zero-order valence-electron chi connectivity index (χ0n) is 13.8. The number of anilines is 3. The van der Waals surface area contributed by atoms with Gasteiger partial charge in [0.1, 0.15) is 0 Å². The molecule has 1 aromatic carbocycles. The standard InChI is InChI=1S/C17H14N6O2S2/c24-27(25,16-9-19-11-20-16)23-13-5-3-12(4-6-13)15-10-26-17(22-15)21-14-2-1-7-18-8-14/h1-11,23H,(H,19,20)(H,21,22). The normalized spacial score (nSPS) is 11.3. The third-order valence-corrected chi connectivity index (χ3v) is 5.68. The van der Waals surface area contributed by atoms with Gasteiger partial charge >= 0.3 is 0 Å². The van der Waals surface area contributed by atoms with E-state index in [1.807, 2.05) is 29.6 Å². The second-order valence-electron chi connectivity index (χ2n) is 5.50. The second kappa shape index (κ2) is 7.17. The number of H-pyrrole nitrogens is 1. The van der Waals surface area contributed by atoms with Gasteiger partial charge in [0.2, 0.25) is 0 Å². The number of pyridine rings is 1. The maximum atomic E-state index is 12.2. The molecule has 0 unspecified atom stereocenters. The number of nitrogens with one attached hydrogen (secondary N) is 3. The number of imidazole rings is 1. The highest BCUT2D eigenvalue weighted by atomic mass is 32.2. The van der Waals surface area contributed by atoms with E-state index in [-0.39, 0.29) is 5.03 Å². The van der Waals surface area contributed by atoms with Crippen molar-refractivity contribution in [3.8, 4) is 11.3 Å². The number of aromatic nitrogens is 4. The Hall–Kier alpha value is -3.24. The number of aromatic amines is 1. The molecule has 8 nitrogen and oxygen atoms in total. The molecule has 4 aromatic rings. The first-order chi connectivity index (χ1) is 13.1. The molecule has 0 aliphatic rings. The zero-order chi connectivity index (χ0) is 18.7. The third kappa shape index (κ3) is 3.96. The van der Waals surface area contributed by atoms with E-state index in [0.717, 1.165) is 22.1 Å². The van der Waals surface area contributed by atoms with Gasteiger partial charge in [-0.1, -0.05) is 12.1 Å². The maximum absolute atomic E-state index is 12.2. The van der Waals surface area contributed by atoms with E-state index in [0.29, 0.717) is 5.69 Å². The van der Waals surface area contributed by atoms with E-state index in [2.05, 4.69) is 30.0 Å². The van der Waals surface area contributed by atoms with Crippen molar-refractivity contribution in [2.24, 2.45) is 0 Å². The minimum atomic E-state index is -3.68. The fraction of sp³-hybridized carbons (Fsp3) is 0. The minimum absolute atomic E-state index is 0.0113. The van der Waals surface area contributed by atoms with E-state index < -0.39 is 10.0 Å². The van der Waals surface area contributed by atoms with Gasteiger partial charge in [0, 0.05) is 22.8 Å². The second-order valence-corrected chi connectivity index (χ2v) is 8.01. The molecule has 0 spiro atoms. The van der Waals surface area contributed by atoms with Crippen molar-refractivity contribution in [3.05, 3.63) is 66.7 Å². The highest BCUT2D eigenvalue weighted by Crippen LogP contribution is 2.28. The lowest BCUT2D eigenvalue weighted by Crippen LogP contribution is -2.13. The average molecular weight is 398 g/mol.